The van der Waals surface area contributed by atoms with E-state index in [1.807, 2.05) is 18.2 Å². The van der Waals surface area contributed by atoms with Crippen LogP contribution >= 0.6 is 0 Å². The number of carbonyl (C=O) groups excluding carboxylic acids is 1. The van der Waals surface area contributed by atoms with E-state index in [9.17, 15) is 18.8 Å². The molecule has 0 radical (unpaired) electrons. The van der Waals surface area contributed by atoms with Crippen LogP contribution in [0.2, 0.25) is 0 Å². The number of piperidine rings is 1. The van der Waals surface area contributed by atoms with Crippen LogP contribution in [0.1, 0.15) is 28.9 Å². The molecule has 1 amide bonds. The van der Waals surface area contributed by atoms with Crippen LogP contribution in [-0.4, -0.2) is 44.3 Å². The van der Waals surface area contributed by atoms with E-state index in [0.717, 1.165) is 41.7 Å². The molecule has 0 bridgehead atoms. The summed E-state index contributed by atoms with van der Waals surface area (Å²) in [6.45, 7) is 2.49. The average molecular weight is 437 g/mol. The molecule has 166 valence electrons. The quantitative estimate of drug-likeness (QED) is 0.653. The van der Waals surface area contributed by atoms with Crippen molar-refractivity contribution in [2.45, 2.75) is 25.4 Å². The predicted molar refractivity (Wildman–Crippen MR) is 117 cm³/mol. The summed E-state index contributed by atoms with van der Waals surface area (Å²) < 4.78 is 15.0. The minimum absolute atomic E-state index is 0.0905. The van der Waals surface area contributed by atoms with Crippen LogP contribution in [0.4, 0.5) is 4.39 Å². The second kappa shape index (κ2) is 9.27. The highest BCUT2D eigenvalue weighted by atomic mass is 19.1. The fraction of sp³-hybridized carbons (Fsp3) is 0.304. The van der Waals surface area contributed by atoms with Crippen molar-refractivity contribution >= 4 is 5.91 Å². The first-order valence-electron chi connectivity index (χ1n) is 10.5. The van der Waals surface area contributed by atoms with Gasteiger partial charge in [0.15, 0.2) is 0 Å². The van der Waals surface area contributed by atoms with Crippen LogP contribution in [-0.2, 0) is 13.6 Å². The molecule has 0 saturated carbocycles. The Morgan fingerprint density at radius 2 is 1.72 bits per heavy atom. The lowest BCUT2D eigenvalue weighted by Gasteiger charge is -2.32. The van der Waals surface area contributed by atoms with Crippen molar-refractivity contribution in [1.29, 1.82) is 0 Å². The van der Waals surface area contributed by atoms with Crippen molar-refractivity contribution in [2.75, 3.05) is 13.1 Å². The van der Waals surface area contributed by atoms with Gasteiger partial charge in [-0.05, 0) is 42.7 Å². The summed E-state index contributed by atoms with van der Waals surface area (Å²) in [5.41, 5.74) is -0.358. The Balaban J connectivity index is 1.46. The lowest BCUT2D eigenvalue weighted by molar-refractivity contribution is 0.0899. The normalized spacial score (nSPS) is 14.9. The Morgan fingerprint density at radius 3 is 2.38 bits per heavy atom. The van der Waals surface area contributed by atoms with Gasteiger partial charge < -0.3 is 5.32 Å². The minimum atomic E-state index is -0.771. The summed E-state index contributed by atoms with van der Waals surface area (Å²) in [5.74, 6) is -1.09. The van der Waals surface area contributed by atoms with E-state index in [2.05, 4.69) is 27.4 Å². The number of aromatic nitrogens is 3. The van der Waals surface area contributed by atoms with Gasteiger partial charge in [-0.3, -0.25) is 19.1 Å². The molecule has 3 aromatic rings. The Bertz CT molecular complexity index is 1210. The predicted octanol–water partition coefficient (Wildman–Crippen LogP) is 1.46. The Hall–Kier alpha value is -3.59. The summed E-state index contributed by atoms with van der Waals surface area (Å²) in [4.78, 5) is 40.1. The van der Waals surface area contributed by atoms with Crippen LogP contribution in [0.3, 0.4) is 0 Å². The molecule has 0 atom stereocenters. The summed E-state index contributed by atoms with van der Waals surface area (Å²) in [6.07, 6.45) is 1.49. The molecular weight excluding hydrogens is 413 g/mol. The SMILES string of the molecule is Cn1c(=O)c(C(=O)NC2CCN(Cc3ccccc3)CC2)nn(-c2ccc(F)cc2)c1=O. The van der Waals surface area contributed by atoms with Gasteiger partial charge in [0.1, 0.15) is 5.82 Å². The third-order valence-corrected chi connectivity index (χ3v) is 5.63. The highest BCUT2D eigenvalue weighted by Gasteiger charge is 2.24. The van der Waals surface area contributed by atoms with Gasteiger partial charge in [0.25, 0.3) is 11.5 Å². The topological polar surface area (TPSA) is 89.2 Å². The molecule has 1 aliphatic rings. The van der Waals surface area contributed by atoms with E-state index >= 15 is 0 Å². The van der Waals surface area contributed by atoms with Crippen molar-refractivity contribution in [2.24, 2.45) is 7.05 Å². The molecule has 8 nitrogen and oxygen atoms in total. The first-order valence-corrected chi connectivity index (χ1v) is 10.5. The molecule has 2 heterocycles. The number of halogens is 1. The highest BCUT2D eigenvalue weighted by Crippen LogP contribution is 2.14. The largest absolute Gasteiger partial charge is 0.351 e. The van der Waals surface area contributed by atoms with E-state index in [-0.39, 0.29) is 17.4 Å². The van der Waals surface area contributed by atoms with E-state index in [0.29, 0.717) is 0 Å². The molecule has 1 aliphatic heterocycles. The number of hydrogen-bond acceptors (Lipinski definition) is 5. The Kier molecular flexibility index (Phi) is 6.27. The standard InChI is InChI=1S/C23H24FN5O3/c1-27-22(31)20(26-29(23(27)32)19-9-7-17(24)8-10-19)21(30)25-18-11-13-28(14-12-18)15-16-5-3-2-4-6-16/h2-10,18H,11-15H2,1H3,(H,25,30). The van der Waals surface area contributed by atoms with E-state index in [1.165, 1.54) is 36.9 Å². The van der Waals surface area contributed by atoms with Crippen molar-refractivity contribution < 1.29 is 9.18 Å². The number of hydrogen-bond donors (Lipinski definition) is 1. The maximum Gasteiger partial charge on any atom is 0.351 e. The number of rotatable bonds is 5. The smallest absolute Gasteiger partial charge is 0.348 e. The molecule has 0 aliphatic carbocycles. The maximum absolute atomic E-state index is 13.2. The fourth-order valence-corrected chi connectivity index (χ4v) is 3.80. The van der Waals surface area contributed by atoms with Crippen molar-refractivity contribution in [1.82, 2.24) is 24.6 Å². The number of amides is 1. The molecule has 0 unspecified atom stereocenters. The van der Waals surface area contributed by atoms with Gasteiger partial charge in [0.05, 0.1) is 5.69 Å². The zero-order valence-electron chi connectivity index (χ0n) is 17.7. The third kappa shape index (κ3) is 4.67. The first kappa shape index (κ1) is 21.6. The molecule has 1 N–H and O–H groups in total. The zero-order valence-corrected chi connectivity index (χ0v) is 17.7. The molecule has 1 saturated heterocycles. The summed E-state index contributed by atoms with van der Waals surface area (Å²) >= 11 is 0. The average Bonchev–Trinajstić information content (AvgIpc) is 2.80. The van der Waals surface area contributed by atoms with Crippen LogP contribution in [0, 0.1) is 5.82 Å². The molecule has 4 rings (SSSR count). The number of nitrogens with zero attached hydrogens (tertiary/aromatic N) is 4. The minimum Gasteiger partial charge on any atom is -0.348 e. The third-order valence-electron chi connectivity index (χ3n) is 5.63. The molecule has 9 heteroatoms. The van der Waals surface area contributed by atoms with Crippen LogP contribution in [0.15, 0.2) is 64.2 Å². The van der Waals surface area contributed by atoms with Crippen molar-refractivity contribution in [3.8, 4) is 5.69 Å². The lowest BCUT2D eigenvalue weighted by atomic mass is 10.0. The molecule has 0 spiro atoms. The van der Waals surface area contributed by atoms with E-state index < -0.39 is 23.0 Å². The van der Waals surface area contributed by atoms with Gasteiger partial charge >= 0.3 is 5.69 Å². The number of likely N-dealkylation sites (tertiary alicyclic amines) is 1. The van der Waals surface area contributed by atoms with Crippen LogP contribution in [0.25, 0.3) is 5.69 Å². The Labute approximate surface area is 183 Å². The highest BCUT2D eigenvalue weighted by molar-refractivity contribution is 5.92. The lowest BCUT2D eigenvalue weighted by Crippen LogP contribution is -2.48. The van der Waals surface area contributed by atoms with Gasteiger partial charge in [0, 0.05) is 32.7 Å². The fourth-order valence-electron chi connectivity index (χ4n) is 3.80. The van der Waals surface area contributed by atoms with E-state index in [1.54, 1.807) is 0 Å². The molecular formula is C23H24FN5O3. The number of carbonyl (C=O) groups is 1. The summed E-state index contributed by atoms with van der Waals surface area (Å²) in [7, 11) is 1.28. The first-order chi connectivity index (χ1) is 15.4. The van der Waals surface area contributed by atoms with Crippen molar-refractivity contribution in [3.05, 3.63) is 92.5 Å². The van der Waals surface area contributed by atoms with Gasteiger partial charge in [-0.15, -0.1) is 0 Å². The van der Waals surface area contributed by atoms with Gasteiger partial charge in [-0.25, -0.2) is 9.18 Å². The molecule has 1 fully saturated rings. The monoisotopic (exact) mass is 437 g/mol. The summed E-state index contributed by atoms with van der Waals surface area (Å²) in [5, 5.41) is 6.87. The second-order valence-corrected chi connectivity index (χ2v) is 7.89. The summed E-state index contributed by atoms with van der Waals surface area (Å²) in [6, 6.07) is 15.2. The van der Waals surface area contributed by atoms with Crippen LogP contribution < -0.4 is 16.6 Å². The van der Waals surface area contributed by atoms with Gasteiger partial charge in [-0.1, -0.05) is 30.3 Å². The molecule has 1 aromatic heterocycles. The van der Waals surface area contributed by atoms with E-state index in [4.69, 9.17) is 0 Å². The number of benzene rings is 2. The number of nitrogens with one attached hydrogen (secondary N) is 1. The van der Waals surface area contributed by atoms with Gasteiger partial charge in [0.2, 0.25) is 5.69 Å². The second-order valence-electron chi connectivity index (χ2n) is 7.89. The van der Waals surface area contributed by atoms with Gasteiger partial charge in [-0.2, -0.15) is 9.78 Å². The molecule has 32 heavy (non-hydrogen) atoms. The Morgan fingerprint density at radius 1 is 1.06 bits per heavy atom. The zero-order chi connectivity index (χ0) is 22.7. The maximum atomic E-state index is 13.2. The molecule has 2 aromatic carbocycles. The van der Waals surface area contributed by atoms with Crippen molar-refractivity contribution in [3.63, 3.8) is 0 Å². The van der Waals surface area contributed by atoms with Crippen LogP contribution in [0.5, 0.6) is 0 Å².